The highest BCUT2D eigenvalue weighted by molar-refractivity contribution is 7.99. The molecule has 1 heterocycles. The largest absolute Gasteiger partial charge is 0.469 e. The quantitative estimate of drug-likeness (QED) is 0.661. The lowest BCUT2D eigenvalue weighted by atomic mass is 9.96. The first kappa shape index (κ1) is 16.8. The highest BCUT2D eigenvalue weighted by Gasteiger charge is 2.26. The molecule has 0 bridgehead atoms. The van der Waals surface area contributed by atoms with Crippen molar-refractivity contribution in [3.8, 4) is 0 Å². The van der Waals surface area contributed by atoms with Gasteiger partial charge in [-0.3, -0.25) is 4.79 Å². The predicted octanol–water partition coefficient (Wildman–Crippen LogP) is 2.11. The predicted molar refractivity (Wildman–Crippen MR) is 85.0 cm³/mol. The molecular weight excluding hydrogens is 302 g/mol. The fraction of sp³-hybridized carbons (Fsp3) is 0.500. The molecule has 1 aliphatic heterocycles. The van der Waals surface area contributed by atoms with Crippen molar-refractivity contribution in [1.29, 1.82) is 0 Å². The number of hydrogen-bond acceptors (Lipinski definition) is 6. The summed E-state index contributed by atoms with van der Waals surface area (Å²) in [5, 5.41) is 3.38. The van der Waals surface area contributed by atoms with Gasteiger partial charge in [0, 0.05) is 23.2 Å². The van der Waals surface area contributed by atoms with Crippen LogP contribution in [-0.4, -0.2) is 44.5 Å². The van der Waals surface area contributed by atoms with Gasteiger partial charge in [0.25, 0.3) is 0 Å². The van der Waals surface area contributed by atoms with E-state index in [0.29, 0.717) is 18.2 Å². The van der Waals surface area contributed by atoms with Crippen LogP contribution in [0.5, 0.6) is 0 Å². The maximum absolute atomic E-state index is 11.7. The van der Waals surface area contributed by atoms with E-state index in [2.05, 4.69) is 5.32 Å². The van der Waals surface area contributed by atoms with E-state index in [4.69, 9.17) is 9.47 Å². The van der Waals surface area contributed by atoms with Gasteiger partial charge in [0.15, 0.2) is 0 Å². The van der Waals surface area contributed by atoms with Crippen molar-refractivity contribution >= 4 is 23.7 Å². The molecule has 1 fully saturated rings. The van der Waals surface area contributed by atoms with Crippen LogP contribution >= 0.6 is 11.8 Å². The van der Waals surface area contributed by atoms with Crippen molar-refractivity contribution in [2.24, 2.45) is 5.92 Å². The molecule has 0 aromatic heterocycles. The zero-order valence-electron chi connectivity index (χ0n) is 12.8. The molecule has 0 aliphatic carbocycles. The van der Waals surface area contributed by atoms with Crippen molar-refractivity contribution in [3.63, 3.8) is 0 Å². The van der Waals surface area contributed by atoms with Crippen molar-refractivity contribution in [2.75, 3.05) is 26.5 Å². The number of piperidine rings is 1. The molecule has 2 atom stereocenters. The molecule has 1 aromatic carbocycles. The van der Waals surface area contributed by atoms with Crippen LogP contribution in [0.4, 0.5) is 0 Å². The van der Waals surface area contributed by atoms with Crippen LogP contribution in [0.15, 0.2) is 29.2 Å². The van der Waals surface area contributed by atoms with Crippen molar-refractivity contribution < 1.29 is 19.1 Å². The molecule has 6 heteroatoms. The van der Waals surface area contributed by atoms with E-state index < -0.39 is 0 Å². The Hall–Kier alpha value is -1.53. The first-order valence-electron chi connectivity index (χ1n) is 7.27. The first-order valence-corrected chi connectivity index (χ1v) is 8.25. The molecule has 2 rings (SSSR count). The third kappa shape index (κ3) is 4.24. The average Bonchev–Trinajstić information content (AvgIpc) is 2.59. The zero-order chi connectivity index (χ0) is 15.9. The molecular formula is C16H21NO4S. The van der Waals surface area contributed by atoms with Gasteiger partial charge in [-0.15, -0.1) is 11.8 Å². The van der Waals surface area contributed by atoms with E-state index in [9.17, 15) is 9.59 Å². The highest BCUT2D eigenvalue weighted by Crippen LogP contribution is 2.26. The summed E-state index contributed by atoms with van der Waals surface area (Å²) in [5.41, 5.74) is 0.596. The topological polar surface area (TPSA) is 64.6 Å². The second kappa shape index (κ2) is 8.19. The van der Waals surface area contributed by atoms with Crippen LogP contribution in [0.25, 0.3) is 0 Å². The van der Waals surface area contributed by atoms with Gasteiger partial charge >= 0.3 is 11.9 Å². The van der Waals surface area contributed by atoms with Crippen molar-refractivity contribution in [3.05, 3.63) is 29.8 Å². The summed E-state index contributed by atoms with van der Waals surface area (Å²) in [4.78, 5) is 24.1. The van der Waals surface area contributed by atoms with Gasteiger partial charge in [-0.25, -0.2) is 4.79 Å². The number of methoxy groups -OCH3 is 2. The Morgan fingerprint density at radius 1 is 1.23 bits per heavy atom. The third-order valence-electron chi connectivity index (χ3n) is 3.78. The van der Waals surface area contributed by atoms with Crippen LogP contribution in [0.1, 0.15) is 23.2 Å². The molecule has 0 saturated carbocycles. The van der Waals surface area contributed by atoms with Gasteiger partial charge in [-0.1, -0.05) is 12.1 Å². The molecule has 22 heavy (non-hydrogen) atoms. The molecule has 0 radical (unpaired) electrons. The summed E-state index contributed by atoms with van der Waals surface area (Å²) in [5.74, 6) is 0.343. The van der Waals surface area contributed by atoms with Crippen LogP contribution in [0.3, 0.4) is 0 Å². The summed E-state index contributed by atoms with van der Waals surface area (Å²) in [7, 11) is 2.81. The number of rotatable bonds is 5. The van der Waals surface area contributed by atoms with Crippen molar-refractivity contribution in [2.45, 2.75) is 23.8 Å². The fourth-order valence-electron chi connectivity index (χ4n) is 2.49. The molecule has 0 spiro atoms. The molecule has 1 N–H and O–H groups in total. The number of carbonyl (C=O) groups excluding carboxylic acids is 2. The summed E-state index contributed by atoms with van der Waals surface area (Å²) in [6.45, 7) is 0.649. The molecule has 1 saturated heterocycles. The van der Waals surface area contributed by atoms with Crippen LogP contribution < -0.4 is 5.32 Å². The molecule has 0 amide bonds. The van der Waals surface area contributed by atoms with E-state index in [1.807, 2.05) is 18.2 Å². The fourth-order valence-corrected chi connectivity index (χ4v) is 3.63. The van der Waals surface area contributed by atoms with Gasteiger partial charge in [-0.2, -0.15) is 0 Å². The number of carbonyl (C=O) groups is 2. The van der Waals surface area contributed by atoms with E-state index in [0.717, 1.165) is 23.5 Å². The normalized spacial score (nSPS) is 21.2. The van der Waals surface area contributed by atoms with Crippen molar-refractivity contribution in [1.82, 2.24) is 5.32 Å². The Bertz CT molecular complexity index is 527. The zero-order valence-corrected chi connectivity index (χ0v) is 13.7. The number of ether oxygens (including phenoxy) is 2. The Morgan fingerprint density at radius 2 is 2.00 bits per heavy atom. The van der Waals surface area contributed by atoms with Gasteiger partial charge < -0.3 is 14.8 Å². The minimum absolute atomic E-state index is 0.0476. The smallest absolute Gasteiger partial charge is 0.338 e. The second-order valence-electron chi connectivity index (χ2n) is 5.20. The lowest BCUT2D eigenvalue weighted by molar-refractivity contribution is -0.146. The minimum atomic E-state index is -0.314. The molecule has 5 nitrogen and oxygen atoms in total. The summed E-state index contributed by atoms with van der Waals surface area (Å²) < 4.78 is 9.58. The Labute approximate surface area is 134 Å². The summed E-state index contributed by atoms with van der Waals surface area (Å²) >= 11 is 1.63. The summed E-state index contributed by atoms with van der Waals surface area (Å²) in [6, 6.07) is 7.77. The van der Waals surface area contributed by atoms with E-state index >= 15 is 0 Å². The Balaban J connectivity index is 1.87. The maximum atomic E-state index is 11.7. The Morgan fingerprint density at radius 3 is 2.64 bits per heavy atom. The Kier molecular flexibility index (Phi) is 6.27. The lowest BCUT2D eigenvalue weighted by Gasteiger charge is -2.28. The van der Waals surface area contributed by atoms with E-state index in [1.165, 1.54) is 14.2 Å². The molecule has 120 valence electrons. The van der Waals surface area contributed by atoms with E-state index in [1.54, 1.807) is 17.8 Å². The van der Waals surface area contributed by atoms with Gasteiger partial charge in [-0.05, 0) is 25.0 Å². The standard InChI is InChI=1S/C16H21NO4S/c1-20-15(18)11-7-8-12(17-9-11)10-22-14-6-4-3-5-13(14)16(19)21-2/h3-6,11-12,17H,7-10H2,1-2H3. The monoisotopic (exact) mass is 323 g/mol. The molecule has 1 aliphatic rings. The average molecular weight is 323 g/mol. The number of thioether (sulfide) groups is 1. The first-order chi connectivity index (χ1) is 10.7. The van der Waals surface area contributed by atoms with Crippen LogP contribution in [0.2, 0.25) is 0 Å². The molecule has 1 aromatic rings. The van der Waals surface area contributed by atoms with Crippen LogP contribution in [-0.2, 0) is 14.3 Å². The number of benzene rings is 1. The highest BCUT2D eigenvalue weighted by atomic mass is 32.2. The number of esters is 2. The SMILES string of the molecule is COC(=O)c1ccccc1SCC1CCC(C(=O)OC)CN1. The van der Waals surface area contributed by atoms with Gasteiger partial charge in [0.2, 0.25) is 0 Å². The van der Waals surface area contributed by atoms with Gasteiger partial charge in [0.1, 0.15) is 0 Å². The maximum Gasteiger partial charge on any atom is 0.338 e. The van der Waals surface area contributed by atoms with E-state index in [-0.39, 0.29) is 17.9 Å². The minimum Gasteiger partial charge on any atom is -0.469 e. The lowest BCUT2D eigenvalue weighted by Crippen LogP contribution is -2.43. The van der Waals surface area contributed by atoms with Crippen LogP contribution in [0, 0.1) is 5.92 Å². The second-order valence-corrected chi connectivity index (χ2v) is 6.26. The third-order valence-corrected chi connectivity index (χ3v) is 5.02. The summed E-state index contributed by atoms with van der Waals surface area (Å²) in [6.07, 6.45) is 1.76. The molecule has 2 unspecified atom stereocenters. The number of hydrogen-bond donors (Lipinski definition) is 1. The van der Waals surface area contributed by atoms with Gasteiger partial charge in [0.05, 0.1) is 25.7 Å². The number of nitrogens with one attached hydrogen (secondary N) is 1.